The minimum atomic E-state index is -0.385. The van der Waals surface area contributed by atoms with Crippen LogP contribution in [-0.2, 0) is 31.1 Å². The first-order chi connectivity index (χ1) is 15.0. The number of fused-ring (bicyclic) bond motifs is 3. The molecule has 3 aliphatic heterocycles. The van der Waals surface area contributed by atoms with Crippen molar-refractivity contribution in [2.24, 2.45) is 5.92 Å². The van der Waals surface area contributed by atoms with Crippen LogP contribution in [0.1, 0.15) is 56.1 Å². The Balaban J connectivity index is 1.24. The van der Waals surface area contributed by atoms with Gasteiger partial charge >= 0.3 is 0 Å². The zero-order valence-corrected chi connectivity index (χ0v) is 18.5. The third-order valence-electron chi connectivity index (χ3n) is 7.64. The van der Waals surface area contributed by atoms with E-state index in [-0.39, 0.29) is 42.1 Å². The Labute approximate surface area is 183 Å². The van der Waals surface area contributed by atoms with E-state index in [4.69, 9.17) is 14.5 Å². The number of aryl methyl sites for hydroxylation is 1. The van der Waals surface area contributed by atoms with Crippen LogP contribution in [0, 0.1) is 12.8 Å². The predicted molar refractivity (Wildman–Crippen MR) is 112 cm³/mol. The summed E-state index contributed by atoms with van der Waals surface area (Å²) in [6.07, 6.45) is 6.68. The van der Waals surface area contributed by atoms with Crippen LogP contribution in [0.15, 0.2) is 6.20 Å². The van der Waals surface area contributed by atoms with Crippen molar-refractivity contribution in [1.82, 2.24) is 19.8 Å². The number of hydrogen-bond donors (Lipinski definition) is 0. The summed E-state index contributed by atoms with van der Waals surface area (Å²) < 4.78 is 12.1. The number of morpholine rings is 1. The van der Waals surface area contributed by atoms with Crippen molar-refractivity contribution in [3.8, 4) is 0 Å². The molecule has 8 heteroatoms. The molecule has 1 aliphatic carbocycles. The molecule has 1 saturated carbocycles. The number of aromatic nitrogens is 2. The second-order valence-electron chi connectivity index (χ2n) is 9.32. The second kappa shape index (κ2) is 8.13. The van der Waals surface area contributed by atoms with E-state index in [2.05, 4.69) is 4.98 Å². The van der Waals surface area contributed by atoms with Crippen molar-refractivity contribution in [3.63, 3.8) is 0 Å². The van der Waals surface area contributed by atoms with Gasteiger partial charge in [0.05, 0.1) is 24.4 Å². The van der Waals surface area contributed by atoms with Crippen molar-refractivity contribution in [3.05, 3.63) is 23.3 Å². The molecule has 0 radical (unpaired) electrons. The highest BCUT2D eigenvalue weighted by molar-refractivity contribution is 5.80. The van der Waals surface area contributed by atoms with E-state index in [1.165, 1.54) is 5.56 Å². The molecule has 0 unspecified atom stereocenters. The molecular formula is C23H32N4O4. The molecule has 0 aromatic carbocycles. The summed E-state index contributed by atoms with van der Waals surface area (Å²) in [6.45, 7) is 6.83. The van der Waals surface area contributed by atoms with Gasteiger partial charge in [0, 0.05) is 31.7 Å². The van der Waals surface area contributed by atoms with Crippen molar-refractivity contribution < 1.29 is 19.1 Å². The Bertz CT molecular complexity index is 867. The van der Waals surface area contributed by atoms with E-state index in [0.717, 1.165) is 43.6 Å². The van der Waals surface area contributed by atoms with E-state index in [1.54, 1.807) is 0 Å². The fraction of sp³-hybridized carbons (Fsp3) is 0.739. The summed E-state index contributed by atoms with van der Waals surface area (Å²) in [6, 6.07) is 0.120. The zero-order valence-electron chi connectivity index (χ0n) is 18.5. The van der Waals surface area contributed by atoms with Crippen LogP contribution < -0.4 is 0 Å². The largest absolute Gasteiger partial charge is 0.368 e. The van der Waals surface area contributed by atoms with Gasteiger partial charge in [-0.15, -0.1) is 0 Å². The minimum Gasteiger partial charge on any atom is -0.368 e. The first-order valence-electron chi connectivity index (χ1n) is 11.7. The van der Waals surface area contributed by atoms with E-state index < -0.39 is 0 Å². The normalized spacial score (nSPS) is 30.1. The molecule has 0 bridgehead atoms. The molecule has 168 valence electrons. The van der Waals surface area contributed by atoms with Crippen molar-refractivity contribution in [2.75, 3.05) is 32.8 Å². The number of ether oxygens (including phenoxy) is 2. The molecule has 1 aromatic heterocycles. The molecule has 3 atom stereocenters. The van der Waals surface area contributed by atoms with Gasteiger partial charge in [0.15, 0.2) is 0 Å². The lowest BCUT2D eigenvalue weighted by molar-refractivity contribution is -0.165. The summed E-state index contributed by atoms with van der Waals surface area (Å²) in [5, 5.41) is 0. The molecular weight excluding hydrogens is 396 g/mol. The van der Waals surface area contributed by atoms with Crippen LogP contribution in [0.2, 0.25) is 0 Å². The van der Waals surface area contributed by atoms with Crippen LogP contribution in [0.4, 0.5) is 0 Å². The molecule has 2 amide bonds. The van der Waals surface area contributed by atoms with Crippen molar-refractivity contribution in [2.45, 2.75) is 70.1 Å². The molecule has 31 heavy (non-hydrogen) atoms. The monoisotopic (exact) mass is 428 g/mol. The number of piperidine rings is 1. The summed E-state index contributed by atoms with van der Waals surface area (Å²) in [4.78, 5) is 38.5. The summed E-state index contributed by atoms with van der Waals surface area (Å²) in [7, 11) is 0. The number of nitrogens with zero attached hydrogens (tertiary/aromatic N) is 4. The zero-order chi connectivity index (χ0) is 21.6. The van der Waals surface area contributed by atoms with Crippen LogP contribution in [-0.4, -0.2) is 76.6 Å². The number of likely N-dealkylation sites (tertiary alicyclic amines) is 1. The van der Waals surface area contributed by atoms with E-state index in [0.29, 0.717) is 32.7 Å². The number of carbonyl (C=O) groups is 2. The first kappa shape index (κ1) is 20.8. The highest BCUT2D eigenvalue weighted by Crippen LogP contribution is 2.41. The van der Waals surface area contributed by atoms with Gasteiger partial charge in [-0.1, -0.05) is 0 Å². The van der Waals surface area contributed by atoms with Crippen LogP contribution >= 0.6 is 0 Å². The van der Waals surface area contributed by atoms with Crippen molar-refractivity contribution in [1.29, 1.82) is 0 Å². The SMILES string of the molecule is CCN1C(=O)CO[C@H]2C[C@@H](C(=O)N3CCC4(CC3)OCCc3cnc(C)nc34)CC[C@@H]21. The Morgan fingerprint density at radius 1 is 1.29 bits per heavy atom. The van der Waals surface area contributed by atoms with Crippen LogP contribution in [0.5, 0.6) is 0 Å². The van der Waals surface area contributed by atoms with Gasteiger partial charge in [-0.25, -0.2) is 9.97 Å². The molecule has 3 fully saturated rings. The van der Waals surface area contributed by atoms with E-state index >= 15 is 0 Å². The quantitative estimate of drug-likeness (QED) is 0.711. The standard InChI is InChI=1S/C23H32N4O4/c1-3-27-18-5-4-16(12-19(18)30-14-20(27)28)22(29)26-9-7-23(8-10-26)21-17(6-11-31-23)13-24-15(2)25-21/h13,16,18-19H,3-12,14H2,1-2H3/t16-,18-,19-/m0/s1. The molecule has 5 rings (SSSR count). The lowest BCUT2D eigenvalue weighted by Gasteiger charge is -2.47. The maximum Gasteiger partial charge on any atom is 0.248 e. The first-order valence-corrected chi connectivity index (χ1v) is 11.7. The molecule has 0 N–H and O–H groups in total. The topological polar surface area (TPSA) is 84.9 Å². The third-order valence-corrected chi connectivity index (χ3v) is 7.64. The molecule has 1 aromatic rings. The summed E-state index contributed by atoms with van der Waals surface area (Å²) in [5.74, 6) is 1.05. The minimum absolute atomic E-state index is 0.0219. The highest BCUT2D eigenvalue weighted by Gasteiger charge is 2.46. The Morgan fingerprint density at radius 2 is 2.10 bits per heavy atom. The number of hydrogen-bond acceptors (Lipinski definition) is 6. The number of carbonyl (C=O) groups excluding carboxylic acids is 2. The Kier molecular flexibility index (Phi) is 5.46. The summed E-state index contributed by atoms with van der Waals surface area (Å²) in [5.41, 5.74) is 1.82. The number of amides is 2. The van der Waals surface area contributed by atoms with Gasteiger partial charge in [0.1, 0.15) is 18.0 Å². The average Bonchev–Trinajstić information content (AvgIpc) is 2.79. The number of likely N-dealkylation sites (N-methyl/N-ethyl adjacent to an activating group) is 1. The van der Waals surface area contributed by atoms with Crippen LogP contribution in [0.25, 0.3) is 0 Å². The van der Waals surface area contributed by atoms with E-state index in [9.17, 15) is 9.59 Å². The van der Waals surface area contributed by atoms with Gasteiger partial charge in [0.25, 0.3) is 0 Å². The second-order valence-corrected chi connectivity index (χ2v) is 9.32. The van der Waals surface area contributed by atoms with Crippen LogP contribution in [0.3, 0.4) is 0 Å². The maximum atomic E-state index is 13.3. The lowest BCUT2D eigenvalue weighted by atomic mass is 9.80. The van der Waals surface area contributed by atoms with E-state index in [1.807, 2.05) is 29.8 Å². The molecule has 4 aliphatic rings. The fourth-order valence-corrected chi connectivity index (χ4v) is 5.95. The van der Waals surface area contributed by atoms with Crippen molar-refractivity contribution >= 4 is 11.8 Å². The Hall–Kier alpha value is -2.06. The molecule has 8 nitrogen and oxygen atoms in total. The average molecular weight is 429 g/mol. The van der Waals surface area contributed by atoms with Gasteiger partial charge in [0.2, 0.25) is 11.8 Å². The van der Waals surface area contributed by atoms with Gasteiger partial charge < -0.3 is 19.3 Å². The van der Waals surface area contributed by atoms with Gasteiger partial charge in [-0.3, -0.25) is 9.59 Å². The maximum absolute atomic E-state index is 13.3. The smallest absolute Gasteiger partial charge is 0.248 e. The third kappa shape index (κ3) is 3.63. The molecule has 2 saturated heterocycles. The number of rotatable bonds is 2. The lowest BCUT2D eigenvalue weighted by Crippen LogP contribution is -2.58. The van der Waals surface area contributed by atoms with Gasteiger partial charge in [-0.2, -0.15) is 0 Å². The van der Waals surface area contributed by atoms with Gasteiger partial charge in [-0.05, 0) is 57.9 Å². The fourth-order valence-electron chi connectivity index (χ4n) is 5.95. The highest BCUT2D eigenvalue weighted by atomic mass is 16.5. The molecule has 1 spiro atoms. The predicted octanol–water partition coefficient (Wildman–Crippen LogP) is 1.59. The molecule has 4 heterocycles. The Morgan fingerprint density at radius 3 is 2.87 bits per heavy atom. The summed E-state index contributed by atoms with van der Waals surface area (Å²) >= 11 is 0.